The van der Waals surface area contributed by atoms with Gasteiger partial charge in [0.2, 0.25) is 0 Å². The summed E-state index contributed by atoms with van der Waals surface area (Å²) in [4.78, 5) is -0.447. The van der Waals surface area contributed by atoms with E-state index in [2.05, 4.69) is 10.2 Å². The molecule has 0 atom stereocenters. The zero-order valence-corrected chi connectivity index (χ0v) is 17.7. The molecule has 0 saturated carbocycles. The second-order valence-electron chi connectivity index (χ2n) is 5.43. The van der Waals surface area contributed by atoms with E-state index in [4.69, 9.17) is 23.1 Å². The molecule has 6 N–H and O–H groups in total. The van der Waals surface area contributed by atoms with E-state index < -0.39 is 20.8 Å². The van der Waals surface area contributed by atoms with Crippen LogP contribution in [-0.2, 0) is 10.1 Å². The Balaban J connectivity index is 0.00000261. The number of nitrogens with two attached hydrogens (primary N) is 2. The predicted octanol–water partition coefficient (Wildman–Crippen LogP) is 3.64. The van der Waals surface area contributed by atoms with Crippen LogP contribution in [-0.4, -0.2) is 47.6 Å². The molecule has 0 saturated heterocycles. The van der Waals surface area contributed by atoms with E-state index >= 15 is 0 Å². The van der Waals surface area contributed by atoms with Crippen LogP contribution in [0, 0.1) is 0 Å². The summed E-state index contributed by atoms with van der Waals surface area (Å²) in [6.07, 6.45) is 0. The Bertz CT molecular complexity index is 1170. The summed E-state index contributed by atoms with van der Waals surface area (Å²) in [7, 11) is -4.48. The number of halogens is 1. The number of benzene rings is 3. The van der Waals surface area contributed by atoms with Crippen LogP contribution in [0.2, 0.25) is 5.02 Å². The van der Waals surface area contributed by atoms with Crippen molar-refractivity contribution < 1.29 is 18.1 Å². The van der Waals surface area contributed by atoms with Crippen molar-refractivity contribution in [3.63, 3.8) is 0 Å². The third-order valence-corrected chi connectivity index (χ3v) is 4.74. The molecule has 135 valence electrons. The smallest absolute Gasteiger partial charge is 0.294 e. The van der Waals surface area contributed by atoms with Gasteiger partial charge in [-0.15, -0.1) is 10.2 Å². The van der Waals surface area contributed by atoms with Crippen molar-refractivity contribution in [2.24, 2.45) is 10.2 Å². The first-order chi connectivity index (χ1) is 12.2. The number of hydrogen-bond donors (Lipinski definition) is 4. The number of nitrogen functional groups attached to an aromatic ring is 2. The molecule has 0 heterocycles. The number of azo groups is 1. The van der Waals surface area contributed by atoms with Gasteiger partial charge in [-0.1, -0.05) is 17.7 Å². The molecule has 0 aliphatic carbocycles. The monoisotopic (exact) mass is 415 g/mol. The SMILES string of the molecule is Nc1ccc(N=Nc2c(N)ccc3cc(S(=O)(=O)O)cc(O)c23)c(Cl)c1.[Na]. The van der Waals surface area contributed by atoms with Gasteiger partial charge in [-0.2, -0.15) is 8.42 Å². The normalized spacial score (nSPS) is 11.6. The van der Waals surface area contributed by atoms with E-state index in [1.165, 1.54) is 24.3 Å². The van der Waals surface area contributed by atoms with E-state index in [1.807, 2.05) is 0 Å². The number of rotatable bonds is 3. The number of hydrogen-bond acceptors (Lipinski definition) is 7. The minimum Gasteiger partial charge on any atom is -0.507 e. The Morgan fingerprint density at radius 1 is 1.00 bits per heavy atom. The molecule has 0 unspecified atom stereocenters. The Morgan fingerprint density at radius 2 is 1.70 bits per heavy atom. The van der Waals surface area contributed by atoms with Crippen molar-refractivity contribution >= 4 is 84.8 Å². The number of aromatic hydroxyl groups is 1. The van der Waals surface area contributed by atoms with Crippen LogP contribution in [0.3, 0.4) is 0 Å². The molecule has 3 aromatic rings. The molecular weight excluding hydrogens is 403 g/mol. The van der Waals surface area contributed by atoms with Crippen LogP contribution >= 0.6 is 11.6 Å². The molecule has 0 aliphatic heterocycles. The van der Waals surface area contributed by atoms with Gasteiger partial charge in [0.15, 0.2) is 0 Å². The fourth-order valence-electron chi connectivity index (χ4n) is 2.38. The maximum Gasteiger partial charge on any atom is 0.294 e. The van der Waals surface area contributed by atoms with E-state index in [0.717, 1.165) is 6.07 Å². The van der Waals surface area contributed by atoms with Crippen LogP contribution in [0.4, 0.5) is 22.7 Å². The summed E-state index contributed by atoms with van der Waals surface area (Å²) >= 11 is 6.05. The van der Waals surface area contributed by atoms with Gasteiger partial charge < -0.3 is 16.6 Å². The van der Waals surface area contributed by atoms with Gasteiger partial charge >= 0.3 is 0 Å². The summed E-state index contributed by atoms with van der Waals surface area (Å²) in [5.41, 5.74) is 12.7. The summed E-state index contributed by atoms with van der Waals surface area (Å²) in [5, 5.41) is 19.1. The van der Waals surface area contributed by atoms with Gasteiger partial charge in [-0.3, -0.25) is 4.55 Å². The van der Waals surface area contributed by atoms with Crippen molar-refractivity contribution in [2.75, 3.05) is 11.5 Å². The molecule has 0 aliphatic rings. The quantitative estimate of drug-likeness (QED) is 0.222. The Morgan fingerprint density at radius 3 is 2.33 bits per heavy atom. The predicted molar refractivity (Wildman–Crippen MR) is 106 cm³/mol. The van der Waals surface area contributed by atoms with Gasteiger partial charge in [0.05, 0.1) is 21.0 Å². The summed E-state index contributed by atoms with van der Waals surface area (Å²) in [6, 6.07) is 9.76. The zero-order valence-electron chi connectivity index (χ0n) is 14.1. The Labute approximate surface area is 181 Å². The average molecular weight is 416 g/mol. The average Bonchev–Trinajstić information content (AvgIpc) is 2.54. The van der Waals surface area contributed by atoms with E-state index in [-0.39, 0.29) is 51.3 Å². The molecule has 0 spiro atoms. The number of anilines is 2. The second-order valence-corrected chi connectivity index (χ2v) is 7.26. The second kappa shape index (κ2) is 8.01. The molecule has 1 radical (unpaired) electrons. The van der Waals surface area contributed by atoms with E-state index in [1.54, 1.807) is 12.1 Å². The standard InChI is InChI=1S/C16H13ClN4O4S.Na/c17-11-6-9(18)2-4-13(11)20-21-16-12(19)3-1-8-5-10(26(23,24)25)7-14(22)15(8)16;/h1-7,22H,18-19H2,(H,23,24,25);. The molecule has 0 aromatic heterocycles. The molecule has 0 amide bonds. The molecule has 0 bridgehead atoms. The Hall–Kier alpha value is -1.88. The summed E-state index contributed by atoms with van der Waals surface area (Å²) in [5.74, 6) is -0.417. The number of fused-ring (bicyclic) bond motifs is 1. The Kier molecular flexibility index (Phi) is 6.35. The number of nitrogens with zero attached hydrogens (tertiary/aromatic N) is 2. The van der Waals surface area contributed by atoms with Crippen LogP contribution in [0.5, 0.6) is 5.75 Å². The van der Waals surface area contributed by atoms with Crippen molar-refractivity contribution in [3.8, 4) is 5.75 Å². The first-order valence-electron chi connectivity index (χ1n) is 7.16. The molecular formula is C16H13ClN4NaO4S. The van der Waals surface area contributed by atoms with Crippen molar-refractivity contribution in [1.82, 2.24) is 0 Å². The maximum absolute atomic E-state index is 11.3. The maximum atomic E-state index is 11.3. The molecule has 8 nitrogen and oxygen atoms in total. The van der Waals surface area contributed by atoms with E-state index in [0.29, 0.717) is 16.8 Å². The minimum absolute atomic E-state index is 0. The van der Waals surface area contributed by atoms with Crippen LogP contribution < -0.4 is 11.5 Å². The van der Waals surface area contributed by atoms with Gasteiger partial charge in [-0.25, -0.2) is 0 Å². The first kappa shape index (κ1) is 21.4. The van der Waals surface area contributed by atoms with Gasteiger partial charge in [-0.05, 0) is 35.7 Å². The van der Waals surface area contributed by atoms with E-state index in [9.17, 15) is 18.1 Å². The number of phenolic OH excluding ortho intramolecular Hbond substituents is 1. The van der Waals surface area contributed by atoms with Crippen molar-refractivity contribution in [2.45, 2.75) is 4.90 Å². The van der Waals surface area contributed by atoms with Gasteiger partial charge in [0.25, 0.3) is 10.1 Å². The van der Waals surface area contributed by atoms with Crippen molar-refractivity contribution in [1.29, 1.82) is 0 Å². The molecule has 0 fully saturated rings. The topological polar surface area (TPSA) is 151 Å². The van der Waals surface area contributed by atoms with Crippen molar-refractivity contribution in [3.05, 3.63) is 47.5 Å². The molecule has 3 rings (SSSR count). The zero-order chi connectivity index (χ0) is 19.1. The third kappa shape index (κ3) is 4.52. The minimum atomic E-state index is -4.48. The van der Waals surface area contributed by atoms with Crippen LogP contribution in [0.25, 0.3) is 10.8 Å². The first-order valence-corrected chi connectivity index (χ1v) is 8.98. The van der Waals surface area contributed by atoms with Gasteiger partial charge in [0.1, 0.15) is 17.1 Å². The summed E-state index contributed by atoms with van der Waals surface area (Å²) in [6.45, 7) is 0. The van der Waals surface area contributed by atoms with Gasteiger partial charge in [0, 0.05) is 41.3 Å². The fourth-order valence-corrected chi connectivity index (χ4v) is 3.14. The fraction of sp³-hybridized carbons (Fsp3) is 0. The molecule has 11 heteroatoms. The van der Waals surface area contributed by atoms with Crippen LogP contribution in [0.1, 0.15) is 0 Å². The largest absolute Gasteiger partial charge is 0.507 e. The summed E-state index contributed by atoms with van der Waals surface area (Å²) < 4.78 is 31.8. The molecule has 3 aromatic carbocycles. The van der Waals surface area contributed by atoms with Crippen LogP contribution in [0.15, 0.2) is 57.6 Å². The number of phenols is 1. The molecule has 27 heavy (non-hydrogen) atoms. The third-order valence-electron chi connectivity index (χ3n) is 3.60.